The molecule has 1 saturated carbocycles. The summed E-state index contributed by atoms with van der Waals surface area (Å²) < 4.78 is 5.37. The van der Waals surface area contributed by atoms with E-state index in [4.69, 9.17) is 4.74 Å². The monoisotopic (exact) mass is 287 g/mol. The zero-order valence-electron chi connectivity index (χ0n) is 13.2. The van der Waals surface area contributed by atoms with Crippen LogP contribution in [0.3, 0.4) is 0 Å². The van der Waals surface area contributed by atoms with E-state index in [0.29, 0.717) is 22.5 Å². The van der Waals surface area contributed by atoms with E-state index in [2.05, 4.69) is 19.2 Å². The van der Waals surface area contributed by atoms with E-state index in [1.807, 2.05) is 27.8 Å². The third-order valence-electron chi connectivity index (χ3n) is 3.67. The van der Waals surface area contributed by atoms with Crippen LogP contribution in [0, 0.1) is 5.41 Å². The molecule has 0 aromatic rings. The topological polar surface area (TPSA) is 38.3 Å². The van der Waals surface area contributed by atoms with Gasteiger partial charge in [0.1, 0.15) is 5.60 Å². The Bertz CT molecular complexity index is 310. The highest BCUT2D eigenvalue weighted by Crippen LogP contribution is 2.40. The number of hydrogen-bond acceptors (Lipinski definition) is 4. The number of hydrogen-bond donors (Lipinski definition) is 1. The molecule has 0 amide bonds. The molecule has 0 saturated heterocycles. The van der Waals surface area contributed by atoms with Crippen molar-refractivity contribution in [3.05, 3.63) is 0 Å². The van der Waals surface area contributed by atoms with Crippen LogP contribution in [0.1, 0.15) is 53.9 Å². The molecule has 0 spiro atoms. The van der Waals surface area contributed by atoms with Gasteiger partial charge >= 0.3 is 5.97 Å². The highest BCUT2D eigenvalue weighted by molar-refractivity contribution is 8.00. The molecule has 3 nitrogen and oxygen atoms in total. The smallest absolute Gasteiger partial charge is 0.316 e. The average Bonchev–Trinajstić information content (AvgIpc) is 2.22. The molecule has 0 aliphatic heterocycles. The Morgan fingerprint density at radius 2 is 2.05 bits per heavy atom. The van der Waals surface area contributed by atoms with Gasteiger partial charge in [-0.15, -0.1) is 11.8 Å². The second kappa shape index (κ2) is 6.49. The first kappa shape index (κ1) is 16.8. The summed E-state index contributed by atoms with van der Waals surface area (Å²) in [6.45, 7) is 10.4. The molecule has 19 heavy (non-hydrogen) atoms. The van der Waals surface area contributed by atoms with Crippen LogP contribution in [0.4, 0.5) is 0 Å². The molecular formula is C15H29NO2S. The van der Waals surface area contributed by atoms with E-state index in [0.717, 1.165) is 0 Å². The largest absolute Gasteiger partial charge is 0.459 e. The summed E-state index contributed by atoms with van der Waals surface area (Å²) >= 11 is 1.74. The van der Waals surface area contributed by atoms with Crippen molar-refractivity contribution < 1.29 is 9.53 Å². The zero-order chi connectivity index (χ0) is 14.7. The highest BCUT2D eigenvalue weighted by atomic mass is 32.2. The fraction of sp³-hybridized carbons (Fsp3) is 0.933. The first-order valence-electron chi connectivity index (χ1n) is 7.16. The molecule has 0 bridgehead atoms. The van der Waals surface area contributed by atoms with E-state index in [9.17, 15) is 4.79 Å². The first-order chi connectivity index (χ1) is 8.65. The molecule has 4 heteroatoms. The van der Waals surface area contributed by atoms with Crippen LogP contribution < -0.4 is 5.32 Å². The molecule has 2 unspecified atom stereocenters. The van der Waals surface area contributed by atoms with E-state index >= 15 is 0 Å². The maximum atomic E-state index is 11.8. The average molecular weight is 287 g/mol. The normalized spacial score (nSPS) is 27.1. The van der Waals surface area contributed by atoms with Crippen LogP contribution in [0.15, 0.2) is 0 Å². The summed E-state index contributed by atoms with van der Waals surface area (Å²) in [5, 5.41) is 3.94. The van der Waals surface area contributed by atoms with Crippen molar-refractivity contribution in [2.45, 2.75) is 70.8 Å². The summed E-state index contributed by atoms with van der Waals surface area (Å²) in [5.74, 6) is 0.353. The molecular weight excluding hydrogens is 258 g/mol. The van der Waals surface area contributed by atoms with Crippen LogP contribution in [-0.4, -0.2) is 35.7 Å². The zero-order valence-corrected chi connectivity index (χ0v) is 14.0. The summed E-state index contributed by atoms with van der Waals surface area (Å²) in [5.41, 5.74) is -0.0789. The number of ether oxygens (including phenoxy) is 1. The molecule has 1 aliphatic rings. The lowest BCUT2D eigenvalue weighted by atomic mass is 9.73. The van der Waals surface area contributed by atoms with E-state index in [-0.39, 0.29) is 11.6 Å². The van der Waals surface area contributed by atoms with Crippen LogP contribution >= 0.6 is 11.8 Å². The Labute approximate surface area is 122 Å². The van der Waals surface area contributed by atoms with E-state index in [1.165, 1.54) is 19.3 Å². The van der Waals surface area contributed by atoms with Gasteiger partial charge in [-0.1, -0.05) is 20.3 Å². The maximum absolute atomic E-state index is 11.8. The standard InChI is InChI=1S/C15H29NO2S/c1-14(2,3)18-12(17)10-19-11-8-7-9-15(4,5)13(11)16-6/h11,13,16H,7-10H2,1-6H3. The van der Waals surface area contributed by atoms with Crippen LogP contribution in [0.5, 0.6) is 0 Å². The maximum Gasteiger partial charge on any atom is 0.316 e. The molecule has 1 N–H and O–H groups in total. The fourth-order valence-electron chi connectivity index (χ4n) is 2.89. The second-order valence-corrected chi connectivity index (χ2v) is 8.31. The van der Waals surface area contributed by atoms with Crippen molar-refractivity contribution in [3.8, 4) is 0 Å². The lowest BCUT2D eigenvalue weighted by molar-refractivity contribution is -0.151. The van der Waals surface area contributed by atoms with Crippen LogP contribution in [0.25, 0.3) is 0 Å². The molecule has 2 atom stereocenters. The lowest BCUT2D eigenvalue weighted by Gasteiger charge is -2.43. The Kier molecular flexibility index (Phi) is 5.75. The number of esters is 1. The number of thioether (sulfide) groups is 1. The van der Waals surface area contributed by atoms with E-state index < -0.39 is 0 Å². The quantitative estimate of drug-likeness (QED) is 0.806. The Hall–Kier alpha value is -0.220. The van der Waals surface area contributed by atoms with Crippen molar-refractivity contribution in [3.63, 3.8) is 0 Å². The van der Waals surface area contributed by atoms with Crippen molar-refractivity contribution in [1.29, 1.82) is 0 Å². The van der Waals surface area contributed by atoms with Crippen LogP contribution in [-0.2, 0) is 9.53 Å². The molecule has 1 aliphatic carbocycles. The van der Waals surface area contributed by atoms with Gasteiger partial charge in [-0.3, -0.25) is 4.79 Å². The lowest BCUT2D eigenvalue weighted by Crippen LogP contribution is -2.50. The van der Waals surface area contributed by atoms with Gasteiger partial charge in [0.2, 0.25) is 0 Å². The second-order valence-electron chi connectivity index (χ2n) is 7.08. The molecule has 0 radical (unpaired) electrons. The predicted octanol–water partition coefficient (Wildman–Crippen LogP) is 3.23. The minimum Gasteiger partial charge on any atom is -0.459 e. The Morgan fingerprint density at radius 3 is 2.58 bits per heavy atom. The highest BCUT2D eigenvalue weighted by Gasteiger charge is 2.38. The Morgan fingerprint density at radius 1 is 1.42 bits per heavy atom. The van der Waals surface area contributed by atoms with Gasteiger partial charge < -0.3 is 10.1 Å². The van der Waals surface area contributed by atoms with Crippen molar-refractivity contribution in [2.75, 3.05) is 12.8 Å². The van der Waals surface area contributed by atoms with Gasteiger partial charge in [-0.2, -0.15) is 0 Å². The van der Waals surface area contributed by atoms with Gasteiger partial charge in [-0.05, 0) is 46.1 Å². The molecule has 1 fully saturated rings. The van der Waals surface area contributed by atoms with Crippen molar-refractivity contribution in [1.82, 2.24) is 5.32 Å². The van der Waals surface area contributed by atoms with Gasteiger partial charge in [0, 0.05) is 11.3 Å². The van der Waals surface area contributed by atoms with Gasteiger partial charge in [0.05, 0.1) is 5.75 Å². The van der Waals surface area contributed by atoms with Crippen molar-refractivity contribution >= 4 is 17.7 Å². The Balaban J connectivity index is 2.49. The number of carbonyl (C=O) groups is 1. The molecule has 0 heterocycles. The predicted molar refractivity (Wildman–Crippen MR) is 82.6 cm³/mol. The SMILES string of the molecule is CNC1C(SCC(=O)OC(C)(C)C)CCCC1(C)C. The molecule has 1 rings (SSSR count). The van der Waals surface area contributed by atoms with E-state index in [1.54, 1.807) is 11.8 Å². The summed E-state index contributed by atoms with van der Waals surface area (Å²) in [7, 11) is 2.03. The number of carbonyl (C=O) groups excluding carboxylic acids is 1. The third kappa shape index (κ3) is 5.35. The van der Waals surface area contributed by atoms with Crippen LogP contribution in [0.2, 0.25) is 0 Å². The van der Waals surface area contributed by atoms with Gasteiger partial charge in [0.15, 0.2) is 0 Å². The summed E-state index contributed by atoms with van der Waals surface area (Å²) in [6.07, 6.45) is 3.68. The first-order valence-corrected chi connectivity index (χ1v) is 8.21. The fourth-order valence-corrected chi connectivity index (χ4v) is 4.33. The summed E-state index contributed by atoms with van der Waals surface area (Å²) in [4.78, 5) is 11.8. The molecule has 0 aromatic carbocycles. The minimum absolute atomic E-state index is 0.101. The third-order valence-corrected chi connectivity index (χ3v) is 5.01. The number of nitrogens with one attached hydrogen (secondary N) is 1. The van der Waals surface area contributed by atoms with Gasteiger partial charge in [-0.25, -0.2) is 0 Å². The van der Waals surface area contributed by atoms with Gasteiger partial charge in [0.25, 0.3) is 0 Å². The minimum atomic E-state index is -0.383. The molecule has 112 valence electrons. The number of rotatable bonds is 4. The summed E-state index contributed by atoms with van der Waals surface area (Å²) in [6, 6.07) is 0.466. The molecule has 0 aromatic heterocycles. The van der Waals surface area contributed by atoms with Crippen molar-refractivity contribution in [2.24, 2.45) is 5.41 Å².